The van der Waals surface area contributed by atoms with Crippen molar-refractivity contribution in [3.63, 3.8) is 0 Å². The van der Waals surface area contributed by atoms with Gasteiger partial charge in [-0.15, -0.1) is 0 Å². The van der Waals surface area contributed by atoms with Gasteiger partial charge in [0, 0.05) is 19.6 Å². The number of nitrogens with one attached hydrogen (secondary N) is 1. The van der Waals surface area contributed by atoms with Crippen molar-refractivity contribution in [2.24, 2.45) is 5.92 Å². The van der Waals surface area contributed by atoms with E-state index in [2.05, 4.69) is 5.32 Å². The molecule has 2 N–H and O–H groups in total. The second kappa shape index (κ2) is 9.36. The summed E-state index contributed by atoms with van der Waals surface area (Å²) in [5, 5.41) is 11.8. The Labute approximate surface area is 146 Å². The summed E-state index contributed by atoms with van der Waals surface area (Å²) >= 11 is 0. The van der Waals surface area contributed by atoms with E-state index in [0.29, 0.717) is 12.3 Å². The lowest BCUT2D eigenvalue weighted by Crippen LogP contribution is -2.33. The maximum absolute atomic E-state index is 13.8. The fourth-order valence-corrected chi connectivity index (χ4v) is 2.97. The highest BCUT2D eigenvalue weighted by molar-refractivity contribution is 5.84. The zero-order valence-electron chi connectivity index (χ0n) is 14.3. The Bertz CT molecular complexity index is 601. The number of aliphatic carboxylic acids is 1. The first-order chi connectivity index (χ1) is 12.0. The minimum atomic E-state index is -1.28. The van der Waals surface area contributed by atoms with Crippen LogP contribution in [-0.2, 0) is 14.3 Å². The number of halogens is 1. The summed E-state index contributed by atoms with van der Waals surface area (Å²) in [6.45, 7) is 1.53. The predicted molar refractivity (Wildman–Crippen MR) is 88.9 cm³/mol. The smallest absolute Gasteiger partial charge is 0.330 e. The first-order valence-corrected chi connectivity index (χ1v) is 8.44. The molecule has 1 amide bonds. The normalized spacial score (nSPS) is 16.2. The van der Waals surface area contributed by atoms with E-state index in [0.717, 1.165) is 38.5 Å². The molecule has 1 unspecified atom stereocenters. The van der Waals surface area contributed by atoms with Crippen LogP contribution >= 0.6 is 0 Å². The van der Waals surface area contributed by atoms with Crippen molar-refractivity contribution in [2.75, 3.05) is 20.3 Å². The highest BCUT2D eigenvalue weighted by atomic mass is 19.1. The molecule has 1 atom stereocenters. The lowest BCUT2D eigenvalue weighted by Gasteiger charge is -2.21. The van der Waals surface area contributed by atoms with Crippen molar-refractivity contribution in [1.29, 1.82) is 0 Å². The molecule has 1 fully saturated rings. The third-order valence-electron chi connectivity index (χ3n) is 4.42. The van der Waals surface area contributed by atoms with Gasteiger partial charge < -0.3 is 19.9 Å². The molecule has 0 aromatic heterocycles. The van der Waals surface area contributed by atoms with Crippen LogP contribution in [0.2, 0.25) is 0 Å². The Morgan fingerprint density at radius 1 is 1.40 bits per heavy atom. The second-order valence-electron chi connectivity index (χ2n) is 6.18. The van der Waals surface area contributed by atoms with Gasteiger partial charge in [0.2, 0.25) is 5.91 Å². The number of amides is 1. The Morgan fingerprint density at radius 3 is 2.72 bits per heavy atom. The summed E-state index contributed by atoms with van der Waals surface area (Å²) in [5.41, 5.74) is 0.170. The molecule has 2 rings (SSSR count). The first kappa shape index (κ1) is 19.2. The zero-order valence-corrected chi connectivity index (χ0v) is 14.3. The lowest BCUT2D eigenvalue weighted by molar-refractivity contribution is -0.142. The number of methoxy groups -OCH3 is 1. The number of carbonyl (C=O) groups excluding carboxylic acids is 1. The molecule has 1 heterocycles. The molecular weight excluding hydrogens is 329 g/mol. The topological polar surface area (TPSA) is 84.9 Å². The Kier molecular flexibility index (Phi) is 7.18. The van der Waals surface area contributed by atoms with Crippen LogP contribution in [0.25, 0.3) is 0 Å². The number of hydrogen-bond acceptors (Lipinski definition) is 4. The highest BCUT2D eigenvalue weighted by Gasteiger charge is 2.23. The van der Waals surface area contributed by atoms with Gasteiger partial charge in [-0.1, -0.05) is 6.07 Å². The molecule has 7 heteroatoms. The molecule has 25 heavy (non-hydrogen) atoms. The molecule has 0 aliphatic carbocycles. The average molecular weight is 353 g/mol. The van der Waals surface area contributed by atoms with Gasteiger partial charge in [-0.05, 0) is 49.3 Å². The average Bonchev–Trinajstić information content (AvgIpc) is 2.60. The van der Waals surface area contributed by atoms with Crippen molar-refractivity contribution in [3.8, 4) is 5.75 Å². The minimum absolute atomic E-state index is 0.0238. The Hall–Kier alpha value is -2.15. The highest BCUT2D eigenvalue weighted by Crippen LogP contribution is 2.23. The van der Waals surface area contributed by atoms with E-state index in [1.807, 2.05) is 0 Å². The van der Waals surface area contributed by atoms with Crippen LogP contribution in [-0.4, -0.2) is 37.3 Å². The van der Waals surface area contributed by atoms with E-state index in [9.17, 15) is 19.1 Å². The van der Waals surface area contributed by atoms with E-state index >= 15 is 0 Å². The van der Waals surface area contributed by atoms with Gasteiger partial charge >= 0.3 is 5.97 Å². The van der Waals surface area contributed by atoms with Gasteiger partial charge in [-0.25, -0.2) is 9.18 Å². The van der Waals surface area contributed by atoms with E-state index in [4.69, 9.17) is 9.47 Å². The number of benzene rings is 1. The molecule has 0 radical (unpaired) electrons. The summed E-state index contributed by atoms with van der Waals surface area (Å²) in [7, 11) is 1.33. The van der Waals surface area contributed by atoms with Gasteiger partial charge in [0.05, 0.1) is 7.11 Å². The third-order valence-corrected chi connectivity index (χ3v) is 4.42. The predicted octanol–water partition coefficient (Wildman–Crippen LogP) is 2.67. The summed E-state index contributed by atoms with van der Waals surface area (Å²) in [5.74, 6) is -1.67. The Morgan fingerprint density at radius 2 is 2.12 bits per heavy atom. The van der Waals surface area contributed by atoms with Crippen LogP contribution < -0.4 is 10.1 Å². The molecular formula is C18H24FNO5. The number of carboxylic acids is 1. The first-order valence-electron chi connectivity index (χ1n) is 8.44. The molecule has 1 aliphatic rings. The van der Waals surface area contributed by atoms with Gasteiger partial charge in [0.1, 0.15) is 0 Å². The maximum atomic E-state index is 13.8. The third kappa shape index (κ3) is 5.70. The zero-order chi connectivity index (χ0) is 18.2. The summed E-state index contributed by atoms with van der Waals surface area (Å²) in [4.78, 5) is 23.5. The molecule has 0 spiro atoms. The van der Waals surface area contributed by atoms with Crippen molar-refractivity contribution in [1.82, 2.24) is 5.32 Å². The van der Waals surface area contributed by atoms with Gasteiger partial charge in [-0.3, -0.25) is 4.79 Å². The molecule has 1 aromatic rings. The monoisotopic (exact) mass is 353 g/mol. The Balaban J connectivity index is 1.88. The summed E-state index contributed by atoms with van der Waals surface area (Å²) in [6.07, 6.45) is 3.88. The summed E-state index contributed by atoms with van der Waals surface area (Å²) < 4.78 is 23.9. The number of rotatable bonds is 8. The van der Waals surface area contributed by atoms with Crippen molar-refractivity contribution in [3.05, 3.63) is 29.6 Å². The molecule has 0 bridgehead atoms. The van der Waals surface area contributed by atoms with Crippen molar-refractivity contribution >= 4 is 11.9 Å². The molecule has 6 nitrogen and oxygen atoms in total. The van der Waals surface area contributed by atoms with Crippen LogP contribution in [0, 0.1) is 11.7 Å². The fraction of sp³-hybridized carbons (Fsp3) is 0.556. The van der Waals surface area contributed by atoms with Crippen LogP contribution in [0.5, 0.6) is 5.75 Å². The van der Waals surface area contributed by atoms with Gasteiger partial charge in [-0.2, -0.15) is 0 Å². The lowest BCUT2D eigenvalue weighted by atomic mass is 9.94. The quantitative estimate of drug-likeness (QED) is 0.751. The molecule has 138 valence electrons. The largest absolute Gasteiger partial charge is 0.494 e. The molecule has 1 saturated heterocycles. The number of carbonyl (C=O) groups is 2. The van der Waals surface area contributed by atoms with E-state index in [-0.39, 0.29) is 23.6 Å². The van der Waals surface area contributed by atoms with Crippen LogP contribution in [0.1, 0.15) is 43.7 Å². The van der Waals surface area contributed by atoms with Crippen LogP contribution in [0.4, 0.5) is 4.39 Å². The van der Waals surface area contributed by atoms with E-state index < -0.39 is 17.8 Å². The van der Waals surface area contributed by atoms with Crippen molar-refractivity contribution in [2.45, 2.75) is 38.1 Å². The van der Waals surface area contributed by atoms with Crippen molar-refractivity contribution < 1.29 is 28.6 Å². The maximum Gasteiger partial charge on any atom is 0.330 e. The molecule has 1 aromatic carbocycles. The molecule has 1 aliphatic heterocycles. The number of ether oxygens (including phenoxy) is 2. The van der Waals surface area contributed by atoms with Crippen LogP contribution in [0.3, 0.4) is 0 Å². The number of carboxylic acid groups (broad SMARTS) is 1. The van der Waals surface area contributed by atoms with E-state index in [1.165, 1.54) is 19.2 Å². The van der Waals surface area contributed by atoms with E-state index in [1.54, 1.807) is 0 Å². The fourth-order valence-electron chi connectivity index (χ4n) is 2.97. The van der Waals surface area contributed by atoms with Gasteiger partial charge in [0.25, 0.3) is 0 Å². The molecule has 0 saturated carbocycles. The number of hydrogen-bond donors (Lipinski definition) is 2. The second-order valence-corrected chi connectivity index (χ2v) is 6.18. The standard InChI is InChI=1S/C18H24FNO5/c1-24-15-6-5-13(11-14(15)19)17(18(22)23)20-16(21)4-2-3-12-7-9-25-10-8-12/h5-6,11-12,17H,2-4,7-10H2,1H3,(H,20,21)(H,22,23). The summed E-state index contributed by atoms with van der Waals surface area (Å²) in [6, 6.07) is 2.57. The van der Waals surface area contributed by atoms with Crippen LogP contribution in [0.15, 0.2) is 18.2 Å². The SMILES string of the molecule is COc1ccc(C(NC(=O)CCCC2CCOCC2)C(=O)O)cc1F. The minimum Gasteiger partial charge on any atom is -0.494 e. The van der Waals surface area contributed by atoms with Gasteiger partial charge in [0.15, 0.2) is 17.6 Å².